The van der Waals surface area contributed by atoms with Gasteiger partial charge < -0.3 is 9.73 Å². The molecule has 1 N–H and O–H groups in total. The summed E-state index contributed by atoms with van der Waals surface area (Å²) < 4.78 is 8.78. The van der Waals surface area contributed by atoms with Crippen LogP contribution in [0.2, 0.25) is 0 Å². The lowest BCUT2D eigenvalue weighted by Crippen LogP contribution is -2.18. The van der Waals surface area contributed by atoms with Gasteiger partial charge in [0.2, 0.25) is 0 Å². The Hall–Kier alpha value is 0.150. The Morgan fingerprint density at radius 2 is 2.00 bits per heavy atom. The van der Waals surface area contributed by atoms with Gasteiger partial charge in [-0.15, -0.1) is 0 Å². The summed E-state index contributed by atoms with van der Waals surface area (Å²) in [5, 5.41) is 3.27. The molecule has 0 amide bonds. The van der Waals surface area contributed by atoms with Gasteiger partial charge in [0, 0.05) is 8.04 Å². The molecule has 0 aliphatic rings. The molecule has 0 aliphatic carbocycles. The minimum absolute atomic E-state index is 0.0310. The van der Waals surface area contributed by atoms with Crippen molar-refractivity contribution < 1.29 is 4.42 Å². The van der Waals surface area contributed by atoms with Gasteiger partial charge in [-0.05, 0) is 75.4 Å². The van der Waals surface area contributed by atoms with Crippen LogP contribution in [0.5, 0.6) is 0 Å². The topological polar surface area (TPSA) is 25.2 Å². The Bertz CT molecular complexity index is 527. The summed E-state index contributed by atoms with van der Waals surface area (Å²) in [7, 11) is 1.92. The Morgan fingerprint density at radius 1 is 1.24 bits per heavy atom. The third kappa shape index (κ3) is 2.94. The fourth-order valence-corrected chi connectivity index (χ4v) is 3.10. The fraction of sp³-hybridized carbons (Fsp3) is 0.167. The molecular weight excluding hydrogens is 461 g/mol. The number of hydrogen-bond donors (Lipinski definition) is 1. The molecule has 0 spiro atoms. The highest BCUT2D eigenvalue weighted by Gasteiger charge is 2.20. The molecule has 2 rings (SSSR count). The van der Waals surface area contributed by atoms with Crippen LogP contribution in [0, 0.1) is 3.57 Å². The number of hydrogen-bond acceptors (Lipinski definition) is 2. The second kappa shape index (κ2) is 5.86. The summed E-state index contributed by atoms with van der Waals surface area (Å²) >= 11 is 9.39. The molecule has 0 saturated heterocycles. The van der Waals surface area contributed by atoms with Crippen molar-refractivity contribution in [2.45, 2.75) is 6.04 Å². The van der Waals surface area contributed by atoms with Crippen LogP contribution < -0.4 is 5.32 Å². The molecule has 0 bridgehead atoms. The molecule has 1 aromatic heterocycles. The van der Waals surface area contributed by atoms with E-state index >= 15 is 0 Å². The largest absolute Gasteiger partial charge is 0.466 e. The average Bonchev–Trinajstić information content (AvgIpc) is 2.71. The lowest BCUT2D eigenvalue weighted by atomic mass is 10.1. The maximum absolute atomic E-state index is 5.53. The van der Waals surface area contributed by atoms with E-state index in [2.05, 4.69) is 78.0 Å². The van der Waals surface area contributed by atoms with Crippen LogP contribution in [0.4, 0.5) is 0 Å². The number of furan rings is 1. The van der Waals surface area contributed by atoms with Gasteiger partial charge in [-0.1, -0.05) is 15.9 Å². The van der Waals surface area contributed by atoms with Crippen LogP contribution in [0.1, 0.15) is 17.4 Å². The van der Waals surface area contributed by atoms with Crippen LogP contribution in [-0.2, 0) is 0 Å². The van der Waals surface area contributed by atoms with Crippen LogP contribution in [0.15, 0.2) is 43.9 Å². The molecule has 1 unspecified atom stereocenters. The maximum atomic E-state index is 5.53. The summed E-state index contributed by atoms with van der Waals surface area (Å²) in [5.41, 5.74) is 1.16. The molecule has 90 valence electrons. The lowest BCUT2D eigenvalue weighted by molar-refractivity contribution is 0.460. The first-order valence-electron chi connectivity index (χ1n) is 4.98. The van der Waals surface area contributed by atoms with E-state index in [0.29, 0.717) is 0 Å². The Kier molecular flexibility index (Phi) is 4.68. The number of rotatable bonds is 3. The summed E-state index contributed by atoms with van der Waals surface area (Å²) in [5.74, 6) is 0.884. The van der Waals surface area contributed by atoms with E-state index in [1.54, 1.807) is 6.26 Å². The highest BCUT2D eigenvalue weighted by atomic mass is 127. The quantitative estimate of drug-likeness (QED) is 0.657. The van der Waals surface area contributed by atoms with Crippen LogP contribution in [0.25, 0.3) is 0 Å². The average molecular weight is 471 g/mol. The second-order valence-electron chi connectivity index (χ2n) is 3.52. The zero-order valence-corrected chi connectivity index (χ0v) is 14.3. The zero-order chi connectivity index (χ0) is 12.4. The molecule has 0 aliphatic heterocycles. The van der Waals surface area contributed by atoms with E-state index in [4.69, 9.17) is 4.42 Å². The lowest BCUT2D eigenvalue weighted by Gasteiger charge is -2.17. The molecule has 17 heavy (non-hydrogen) atoms. The minimum atomic E-state index is 0.0310. The van der Waals surface area contributed by atoms with Crippen LogP contribution in [-0.4, -0.2) is 7.05 Å². The number of halogens is 3. The number of nitrogens with one attached hydrogen (secondary N) is 1. The van der Waals surface area contributed by atoms with Crippen molar-refractivity contribution in [2.24, 2.45) is 0 Å². The van der Waals surface area contributed by atoms with Crippen LogP contribution >= 0.6 is 54.5 Å². The van der Waals surface area contributed by atoms with Crippen molar-refractivity contribution in [3.8, 4) is 0 Å². The highest BCUT2D eigenvalue weighted by Crippen LogP contribution is 2.33. The maximum Gasteiger partial charge on any atom is 0.139 e. The molecule has 1 atom stereocenters. The molecule has 1 heterocycles. The SMILES string of the molecule is CNC(c1cc(I)ccc1Br)c1occc1Br. The molecule has 2 nitrogen and oxygen atoms in total. The van der Waals surface area contributed by atoms with Gasteiger partial charge >= 0.3 is 0 Å². The van der Waals surface area contributed by atoms with E-state index in [0.717, 1.165) is 20.3 Å². The Balaban J connectivity index is 2.49. The second-order valence-corrected chi connectivity index (χ2v) is 6.47. The fourth-order valence-electron chi connectivity index (χ4n) is 1.68. The number of benzene rings is 1. The van der Waals surface area contributed by atoms with E-state index < -0.39 is 0 Å². The van der Waals surface area contributed by atoms with Crippen molar-refractivity contribution in [3.63, 3.8) is 0 Å². The first-order chi connectivity index (χ1) is 8.13. The van der Waals surface area contributed by atoms with Crippen LogP contribution in [0.3, 0.4) is 0 Å². The highest BCUT2D eigenvalue weighted by molar-refractivity contribution is 14.1. The molecule has 5 heteroatoms. The van der Waals surface area contributed by atoms with Gasteiger partial charge in [-0.25, -0.2) is 0 Å². The summed E-state index contributed by atoms with van der Waals surface area (Å²) in [6, 6.07) is 8.20. The Labute approximate surface area is 131 Å². The predicted octanol–water partition coefficient (Wildman–Crippen LogP) is 4.72. The van der Waals surface area contributed by atoms with Gasteiger partial charge in [0.05, 0.1) is 16.8 Å². The van der Waals surface area contributed by atoms with E-state index in [1.807, 2.05) is 13.1 Å². The molecule has 0 radical (unpaired) electrons. The molecular formula is C12H10Br2INO. The first kappa shape index (κ1) is 13.6. The van der Waals surface area contributed by atoms with Crippen molar-refractivity contribution in [3.05, 3.63) is 54.4 Å². The van der Waals surface area contributed by atoms with E-state index in [9.17, 15) is 0 Å². The van der Waals surface area contributed by atoms with Crippen molar-refractivity contribution in [1.29, 1.82) is 0 Å². The van der Waals surface area contributed by atoms with E-state index in [1.165, 1.54) is 3.57 Å². The van der Waals surface area contributed by atoms with E-state index in [-0.39, 0.29) is 6.04 Å². The summed E-state index contributed by atoms with van der Waals surface area (Å²) in [6.45, 7) is 0. The summed E-state index contributed by atoms with van der Waals surface area (Å²) in [6.07, 6.45) is 1.69. The third-order valence-corrected chi connectivity index (χ3v) is 4.51. The van der Waals surface area contributed by atoms with Crippen molar-refractivity contribution in [1.82, 2.24) is 5.32 Å². The summed E-state index contributed by atoms with van der Waals surface area (Å²) in [4.78, 5) is 0. The van der Waals surface area contributed by atoms with Gasteiger partial charge in [0.1, 0.15) is 5.76 Å². The smallest absolute Gasteiger partial charge is 0.139 e. The van der Waals surface area contributed by atoms with Crippen molar-refractivity contribution in [2.75, 3.05) is 7.05 Å². The van der Waals surface area contributed by atoms with Gasteiger partial charge in [-0.2, -0.15) is 0 Å². The predicted molar refractivity (Wildman–Crippen MR) is 84.2 cm³/mol. The third-order valence-electron chi connectivity index (χ3n) is 2.46. The zero-order valence-electron chi connectivity index (χ0n) is 9.01. The normalized spacial score (nSPS) is 12.7. The van der Waals surface area contributed by atoms with Crippen molar-refractivity contribution >= 4 is 54.5 Å². The molecule has 1 aromatic carbocycles. The molecule has 0 fully saturated rings. The Morgan fingerprint density at radius 3 is 2.59 bits per heavy atom. The first-order valence-corrected chi connectivity index (χ1v) is 7.65. The standard InChI is InChI=1S/C12H10Br2INO/c1-16-11(12-10(14)4-5-17-12)8-6-7(15)2-3-9(8)13/h2-6,11,16H,1H3. The molecule has 0 saturated carbocycles. The minimum Gasteiger partial charge on any atom is -0.466 e. The monoisotopic (exact) mass is 469 g/mol. The molecule has 2 aromatic rings. The van der Waals surface area contributed by atoms with Gasteiger partial charge in [0.25, 0.3) is 0 Å². The van der Waals surface area contributed by atoms with Gasteiger partial charge in [-0.3, -0.25) is 0 Å². The van der Waals surface area contributed by atoms with Gasteiger partial charge in [0.15, 0.2) is 0 Å².